The summed E-state index contributed by atoms with van der Waals surface area (Å²) in [6.07, 6.45) is 1.81. The molecule has 7 nitrogen and oxygen atoms in total. The van der Waals surface area contributed by atoms with Crippen LogP contribution >= 0.6 is 11.8 Å². The first-order chi connectivity index (χ1) is 16.1. The van der Waals surface area contributed by atoms with E-state index in [-0.39, 0.29) is 11.7 Å². The number of likely N-dealkylation sites (tertiary alicyclic amines) is 1. The molecule has 1 fully saturated rings. The molecule has 0 saturated carbocycles. The smallest absolute Gasteiger partial charge is 0.234 e. The predicted molar refractivity (Wildman–Crippen MR) is 133 cm³/mol. The zero-order valence-electron chi connectivity index (χ0n) is 18.8. The molecule has 8 heteroatoms. The van der Waals surface area contributed by atoms with E-state index in [4.69, 9.17) is 19.5 Å². The van der Waals surface area contributed by atoms with Crippen molar-refractivity contribution >= 4 is 34.1 Å². The summed E-state index contributed by atoms with van der Waals surface area (Å²) in [5, 5.41) is 3.81. The standard InChI is InChI=1S/C25H28N4O3S/c1-2-29-12-10-25(11-13-29)27-23(18-6-4-3-5-7-18)24(28-25)33-17-22(30)26-19-8-9-20-21(16-19)32-15-14-31-20/h3-9,16H,2,10-15,17H2,1H3,(H,26,30). The molecule has 1 saturated heterocycles. The number of anilines is 1. The fourth-order valence-electron chi connectivity index (χ4n) is 4.31. The Morgan fingerprint density at radius 1 is 1.06 bits per heavy atom. The van der Waals surface area contributed by atoms with E-state index in [1.807, 2.05) is 30.3 Å². The summed E-state index contributed by atoms with van der Waals surface area (Å²) < 4.78 is 11.2. The van der Waals surface area contributed by atoms with Crippen LogP contribution in [0.1, 0.15) is 25.3 Å². The number of benzene rings is 2. The quantitative estimate of drug-likeness (QED) is 0.728. The van der Waals surface area contributed by atoms with Crippen molar-refractivity contribution in [3.05, 3.63) is 54.1 Å². The van der Waals surface area contributed by atoms with Gasteiger partial charge in [-0.25, -0.2) is 4.99 Å². The maximum absolute atomic E-state index is 12.7. The molecule has 1 spiro atoms. The van der Waals surface area contributed by atoms with Crippen molar-refractivity contribution in [1.82, 2.24) is 4.90 Å². The fourth-order valence-corrected chi connectivity index (χ4v) is 5.19. The van der Waals surface area contributed by atoms with Gasteiger partial charge in [0.2, 0.25) is 5.91 Å². The van der Waals surface area contributed by atoms with Gasteiger partial charge in [0.15, 0.2) is 17.2 Å². The summed E-state index contributed by atoms with van der Waals surface area (Å²) in [6.45, 7) is 6.29. The number of fused-ring (bicyclic) bond motifs is 1. The molecule has 3 heterocycles. The molecular weight excluding hydrogens is 436 g/mol. The summed E-state index contributed by atoms with van der Waals surface area (Å²) >= 11 is 1.45. The largest absolute Gasteiger partial charge is 0.486 e. The summed E-state index contributed by atoms with van der Waals surface area (Å²) in [4.78, 5) is 25.3. The number of aliphatic imine (C=N–C) groups is 2. The Morgan fingerprint density at radius 3 is 2.58 bits per heavy atom. The number of piperidine rings is 1. The van der Waals surface area contributed by atoms with Crippen molar-refractivity contribution in [3.63, 3.8) is 0 Å². The number of nitrogens with zero attached hydrogens (tertiary/aromatic N) is 3. The molecule has 3 aliphatic rings. The lowest BCUT2D eigenvalue weighted by atomic mass is 9.98. The highest BCUT2D eigenvalue weighted by Crippen LogP contribution is 2.36. The van der Waals surface area contributed by atoms with Crippen LogP contribution in [-0.2, 0) is 4.79 Å². The monoisotopic (exact) mass is 464 g/mol. The van der Waals surface area contributed by atoms with Gasteiger partial charge in [-0.1, -0.05) is 49.0 Å². The number of hydrogen-bond donors (Lipinski definition) is 1. The lowest BCUT2D eigenvalue weighted by Gasteiger charge is -2.34. The number of nitrogens with one attached hydrogen (secondary N) is 1. The number of hydrogen-bond acceptors (Lipinski definition) is 7. The SMILES string of the molecule is CCN1CCC2(CC1)N=C(SCC(=O)Nc1ccc3c(c1)OCCO3)C(c1ccccc1)=N2. The minimum absolute atomic E-state index is 0.0893. The Kier molecular flexibility index (Phi) is 6.37. The fraction of sp³-hybridized carbons (Fsp3) is 0.400. The molecule has 0 aromatic heterocycles. The lowest BCUT2D eigenvalue weighted by molar-refractivity contribution is -0.113. The highest BCUT2D eigenvalue weighted by molar-refractivity contribution is 8.16. The average molecular weight is 465 g/mol. The van der Waals surface area contributed by atoms with Crippen molar-refractivity contribution in [3.8, 4) is 11.5 Å². The van der Waals surface area contributed by atoms with Gasteiger partial charge in [0.05, 0.1) is 11.5 Å². The maximum atomic E-state index is 12.7. The zero-order valence-corrected chi connectivity index (χ0v) is 19.6. The molecule has 0 atom stereocenters. The first-order valence-corrected chi connectivity index (χ1v) is 12.4. The maximum Gasteiger partial charge on any atom is 0.234 e. The second-order valence-corrected chi connectivity index (χ2v) is 9.32. The van der Waals surface area contributed by atoms with E-state index in [1.54, 1.807) is 6.07 Å². The molecule has 2 aromatic carbocycles. The minimum Gasteiger partial charge on any atom is -0.486 e. The first-order valence-electron chi connectivity index (χ1n) is 11.4. The average Bonchev–Trinajstić information content (AvgIpc) is 3.22. The van der Waals surface area contributed by atoms with Crippen molar-refractivity contribution in [2.75, 3.05) is 43.9 Å². The summed E-state index contributed by atoms with van der Waals surface area (Å²) in [6, 6.07) is 15.6. The van der Waals surface area contributed by atoms with E-state index < -0.39 is 5.66 Å². The van der Waals surface area contributed by atoms with Crippen LogP contribution < -0.4 is 14.8 Å². The second kappa shape index (κ2) is 9.57. The van der Waals surface area contributed by atoms with Crippen LogP contribution in [0.25, 0.3) is 0 Å². The van der Waals surface area contributed by atoms with Crippen LogP contribution in [0.5, 0.6) is 11.5 Å². The van der Waals surface area contributed by atoms with E-state index in [1.165, 1.54) is 11.8 Å². The van der Waals surface area contributed by atoms with E-state index >= 15 is 0 Å². The highest BCUT2D eigenvalue weighted by atomic mass is 32.2. The molecule has 33 heavy (non-hydrogen) atoms. The van der Waals surface area contributed by atoms with E-state index in [2.05, 4.69) is 29.3 Å². The van der Waals surface area contributed by atoms with Gasteiger partial charge >= 0.3 is 0 Å². The van der Waals surface area contributed by atoms with Crippen LogP contribution in [0.15, 0.2) is 58.5 Å². The first kappa shape index (κ1) is 22.0. The number of carbonyl (C=O) groups excluding carboxylic acids is 1. The lowest BCUT2D eigenvalue weighted by Crippen LogP contribution is -2.41. The Hall–Kier alpha value is -2.84. The van der Waals surface area contributed by atoms with Crippen LogP contribution in [0.4, 0.5) is 5.69 Å². The number of thioether (sulfide) groups is 1. The zero-order chi connectivity index (χ0) is 22.7. The summed E-state index contributed by atoms with van der Waals surface area (Å²) in [5.41, 5.74) is 2.24. The molecule has 2 aromatic rings. The number of carbonyl (C=O) groups is 1. The Bertz CT molecular complexity index is 1080. The van der Waals surface area contributed by atoms with Gasteiger partial charge in [0.1, 0.15) is 18.3 Å². The molecule has 1 N–H and O–H groups in total. The second-order valence-electron chi connectivity index (χ2n) is 8.36. The Labute approximate surface area is 198 Å². The molecule has 1 amide bonds. The van der Waals surface area contributed by atoms with Gasteiger partial charge < -0.3 is 19.7 Å². The number of amides is 1. The molecule has 5 rings (SSSR count). The van der Waals surface area contributed by atoms with Crippen molar-refractivity contribution in [2.45, 2.75) is 25.4 Å². The van der Waals surface area contributed by atoms with Crippen molar-refractivity contribution in [2.24, 2.45) is 9.98 Å². The van der Waals surface area contributed by atoms with Crippen LogP contribution in [0, 0.1) is 0 Å². The van der Waals surface area contributed by atoms with Gasteiger partial charge in [0, 0.05) is 43.2 Å². The normalized spacial score (nSPS) is 19.2. The van der Waals surface area contributed by atoms with E-state index in [9.17, 15) is 4.79 Å². The molecule has 0 bridgehead atoms. The molecule has 0 radical (unpaired) electrons. The summed E-state index contributed by atoms with van der Waals surface area (Å²) in [7, 11) is 0. The molecule has 0 unspecified atom stereocenters. The van der Waals surface area contributed by atoms with Crippen molar-refractivity contribution < 1.29 is 14.3 Å². The highest BCUT2D eigenvalue weighted by Gasteiger charge is 2.39. The van der Waals surface area contributed by atoms with Crippen LogP contribution in [-0.4, -0.2) is 65.8 Å². The van der Waals surface area contributed by atoms with E-state index in [0.717, 1.165) is 48.8 Å². The molecule has 3 aliphatic heterocycles. The van der Waals surface area contributed by atoms with Crippen LogP contribution in [0.2, 0.25) is 0 Å². The Morgan fingerprint density at radius 2 is 1.82 bits per heavy atom. The van der Waals surface area contributed by atoms with E-state index in [0.29, 0.717) is 30.4 Å². The number of ether oxygens (including phenoxy) is 2. The molecule has 0 aliphatic carbocycles. The third-order valence-electron chi connectivity index (χ3n) is 6.15. The van der Waals surface area contributed by atoms with Gasteiger partial charge in [-0.2, -0.15) is 0 Å². The van der Waals surface area contributed by atoms with Gasteiger partial charge in [-0.3, -0.25) is 9.79 Å². The molecular formula is C25H28N4O3S. The minimum atomic E-state index is -0.397. The van der Waals surface area contributed by atoms with Gasteiger partial charge in [-0.05, 0) is 18.7 Å². The third-order valence-corrected chi connectivity index (χ3v) is 7.11. The third kappa shape index (κ3) is 4.91. The molecule has 172 valence electrons. The van der Waals surface area contributed by atoms with Crippen LogP contribution in [0.3, 0.4) is 0 Å². The van der Waals surface area contributed by atoms with Crippen molar-refractivity contribution in [1.29, 1.82) is 0 Å². The van der Waals surface area contributed by atoms with Gasteiger partial charge in [0.25, 0.3) is 0 Å². The number of rotatable bonds is 5. The predicted octanol–water partition coefficient (Wildman–Crippen LogP) is 3.84. The topological polar surface area (TPSA) is 75.5 Å². The summed E-state index contributed by atoms with van der Waals surface area (Å²) in [5.74, 6) is 1.53. The Balaban J connectivity index is 1.28. The van der Waals surface area contributed by atoms with Gasteiger partial charge in [-0.15, -0.1) is 0 Å².